The zero-order valence-corrected chi connectivity index (χ0v) is 17.8. The van der Waals surface area contributed by atoms with Gasteiger partial charge in [-0.15, -0.1) is 0 Å². The van der Waals surface area contributed by atoms with Crippen LogP contribution < -0.4 is 5.32 Å². The van der Waals surface area contributed by atoms with Gasteiger partial charge in [-0.3, -0.25) is 14.5 Å². The molecule has 4 amide bonds. The first-order chi connectivity index (χ1) is 14.7. The predicted molar refractivity (Wildman–Crippen MR) is 114 cm³/mol. The summed E-state index contributed by atoms with van der Waals surface area (Å²) in [5.74, 6) is -1.10. The molecule has 0 aliphatic carbocycles. The van der Waals surface area contributed by atoms with Gasteiger partial charge in [0.1, 0.15) is 6.54 Å². The molecule has 9 heteroatoms. The molecule has 4 rings (SSSR count). The summed E-state index contributed by atoms with van der Waals surface area (Å²) in [7, 11) is -1.66. The van der Waals surface area contributed by atoms with E-state index in [2.05, 4.69) is 5.32 Å². The lowest BCUT2D eigenvalue weighted by Crippen LogP contribution is -2.47. The number of nitrogens with one attached hydrogen (secondary N) is 1. The van der Waals surface area contributed by atoms with E-state index in [0.717, 1.165) is 4.90 Å². The van der Waals surface area contributed by atoms with Crippen molar-refractivity contribution in [3.05, 3.63) is 71.8 Å². The molecule has 2 aliphatic rings. The van der Waals surface area contributed by atoms with Gasteiger partial charge < -0.3 is 10.2 Å². The smallest absolute Gasteiger partial charge is 0.326 e. The second kappa shape index (κ2) is 7.81. The summed E-state index contributed by atoms with van der Waals surface area (Å²) in [6.07, 6.45) is 0.350. The molecule has 2 heterocycles. The van der Waals surface area contributed by atoms with Gasteiger partial charge in [-0.2, -0.15) is 0 Å². The number of urea groups is 1. The number of nitrogens with zero attached hydrogens (tertiary/aromatic N) is 2. The van der Waals surface area contributed by atoms with Crippen LogP contribution in [0.4, 0.5) is 4.79 Å². The van der Waals surface area contributed by atoms with E-state index in [1.54, 1.807) is 48.5 Å². The van der Waals surface area contributed by atoms with Crippen LogP contribution in [0.15, 0.2) is 60.7 Å². The summed E-state index contributed by atoms with van der Waals surface area (Å²) in [6.45, 7) is -0.459. The molecule has 2 fully saturated rings. The number of hydrogen-bond donors (Lipinski definition) is 1. The minimum atomic E-state index is -3.17. The number of amides is 4. The molecule has 162 valence electrons. The van der Waals surface area contributed by atoms with E-state index in [1.807, 2.05) is 12.1 Å². The molecule has 2 aromatic carbocycles. The second-order valence-electron chi connectivity index (χ2n) is 7.87. The van der Waals surface area contributed by atoms with E-state index in [-0.39, 0.29) is 11.5 Å². The van der Waals surface area contributed by atoms with Gasteiger partial charge in [-0.05, 0) is 17.5 Å². The average Bonchev–Trinajstić information content (AvgIpc) is 3.26. The van der Waals surface area contributed by atoms with E-state index in [0.29, 0.717) is 17.5 Å². The summed E-state index contributed by atoms with van der Waals surface area (Å²) in [5, 5.41) is 2.80. The molecular formula is C22H23N3O5S. The highest BCUT2D eigenvalue weighted by atomic mass is 32.2. The Hall–Kier alpha value is -3.20. The average molecular weight is 442 g/mol. The van der Waals surface area contributed by atoms with E-state index in [1.165, 1.54) is 11.9 Å². The third-order valence-electron chi connectivity index (χ3n) is 5.96. The summed E-state index contributed by atoms with van der Waals surface area (Å²) in [4.78, 5) is 41.5. The van der Waals surface area contributed by atoms with E-state index < -0.39 is 45.8 Å². The third-order valence-corrected chi connectivity index (χ3v) is 7.71. The summed E-state index contributed by atoms with van der Waals surface area (Å²) in [6, 6.07) is 16.7. The molecule has 0 bridgehead atoms. The lowest BCUT2D eigenvalue weighted by molar-refractivity contribution is -0.138. The molecule has 0 aromatic heterocycles. The molecule has 2 aromatic rings. The molecular weight excluding hydrogens is 418 g/mol. The van der Waals surface area contributed by atoms with Crippen molar-refractivity contribution in [3.8, 4) is 0 Å². The predicted octanol–water partition coefficient (Wildman–Crippen LogP) is 1.13. The minimum absolute atomic E-state index is 0.0313. The molecule has 8 nitrogen and oxygen atoms in total. The maximum absolute atomic E-state index is 13.6. The first-order valence-electron chi connectivity index (χ1n) is 9.96. The number of rotatable bonds is 5. The molecule has 2 aliphatic heterocycles. The highest BCUT2D eigenvalue weighted by Gasteiger charge is 2.54. The molecule has 1 unspecified atom stereocenters. The van der Waals surface area contributed by atoms with Gasteiger partial charge in [-0.25, -0.2) is 13.2 Å². The number of imide groups is 1. The molecule has 2 saturated heterocycles. The van der Waals surface area contributed by atoms with Gasteiger partial charge in [0.25, 0.3) is 5.91 Å². The lowest BCUT2D eigenvalue weighted by atomic mass is 9.82. The SMILES string of the molecule is CN(C(=O)CN1C(=O)NC(c2ccccc2)(c2ccccc2)C1=O)C1CCS(=O)(=O)C1. The van der Waals surface area contributed by atoms with Crippen LogP contribution >= 0.6 is 0 Å². The van der Waals surface area contributed by atoms with Crippen LogP contribution in [0.2, 0.25) is 0 Å². The Morgan fingerprint density at radius 3 is 2.10 bits per heavy atom. The third kappa shape index (κ3) is 3.69. The van der Waals surface area contributed by atoms with Gasteiger partial charge in [0.05, 0.1) is 11.5 Å². The maximum atomic E-state index is 13.6. The van der Waals surface area contributed by atoms with Gasteiger partial charge in [-0.1, -0.05) is 60.7 Å². The highest BCUT2D eigenvalue weighted by molar-refractivity contribution is 7.91. The van der Waals surface area contributed by atoms with Crippen LogP contribution in [-0.4, -0.2) is 67.2 Å². The molecule has 31 heavy (non-hydrogen) atoms. The van der Waals surface area contributed by atoms with Gasteiger partial charge in [0.15, 0.2) is 15.4 Å². The first kappa shape index (κ1) is 21.0. The van der Waals surface area contributed by atoms with Crippen molar-refractivity contribution in [1.29, 1.82) is 0 Å². The Kier molecular flexibility index (Phi) is 5.30. The molecule has 1 atom stereocenters. The van der Waals surface area contributed by atoms with Crippen LogP contribution in [0.3, 0.4) is 0 Å². The molecule has 0 radical (unpaired) electrons. The number of likely N-dealkylation sites (N-methyl/N-ethyl adjacent to an activating group) is 1. The summed E-state index contributed by atoms with van der Waals surface area (Å²) in [5.41, 5.74) is -0.260. The fraction of sp³-hybridized carbons (Fsp3) is 0.318. The van der Waals surface area contributed by atoms with Crippen molar-refractivity contribution in [3.63, 3.8) is 0 Å². The Morgan fingerprint density at radius 1 is 1.06 bits per heavy atom. The van der Waals surface area contributed by atoms with Crippen molar-refractivity contribution in [2.45, 2.75) is 18.0 Å². The van der Waals surface area contributed by atoms with Crippen LogP contribution in [0.5, 0.6) is 0 Å². The summed E-state index contributed by atoms with van der Waals surface area (Å²) < 4.78 is 23.5. The van der Waals surface area contributed by atoms with E-state index >= 15 is 0 Å². The Balaban J connectivity index is 1.63. The Morgan fingerprint density at radius 2 is 1.61 bits per heavy atom. The number of hydrogen-bond acceptors (Lipinski definition) is 5. The monoisotopic (exact) mass is 441 g/mol. The van der Waals surface area contributed by atoms with Crippen molar-refractivity contribution in [1.82, 2.24) is 15.1 Å². The Labute approximate surface area is 180 Å². The molecule has 0 saturated carbocycles. The second-order valence-corrected chi connectivity index (χ2v) is 10.1. The fourth-order valence-electron chi connectivity index (χ4n) is 4.19. The summed E-state index contributed by atoms with van der Waals surface area (Å²) >= 11 is 0. The quantitative estimate of drug-likeness (QED) is 0.701. The normalized spacial score (nSPS) is 21.7. The first-order valence-corrected chi connectivity index (χ1v) is 11.8. The van der Waals surface area contributed by atoms with Crippen molar-refractivity contribution < 1.29 is 22.8 Å². The number of benzene rings is 2. The van der Waals surface area contributed by atoms with E-state index in [4.69, 9.17) is 0 Å². The number of carbonyl (C=O) groups is 3. The zero-order valence-electron chi connectivity index (χ0n) is 17.0. The van der Waals surface area contributed by atoms with Crippen molar-refractivity contribution in [2.75, 3.05) is 25.1 Å². The van der Waals surface area contributed by atoms with Gasteiger partial charge in [0.2, 0.25) is 5.91 Å². The molecule has 1 N–H and O–H groups in total. The number of sulfone groups is 1. The topological polar surface area (TPSA) is 104 Å². The van der Waals surface area contributed by atoms with Crippen molar-refractivity contribution >= 4 is 27.7 Å². The zero-order chi connectivity index (χ0) is 22.2. The fourth-order valence-corrected chi connectivity index (χ4v) is 5.96. The highest BCUT2D eigenvalue weighted by Crippen LogP contribution is 2.36. The Bertz CT molecular complexity index is 1080. The maximum Gasteiger partial charge on any atom is 0.326 e. The van der Waals surface area contributed by atoms with Crippen LogP contribution in [0.25, 0.3) is 0 Å². The lowest BCUT2D eigenvalue weighted by Gasteiger charge is -2.28. The standard InChI is InChI=1S/C22H23N3O5S/c1-24(18-12-13-31(29,30)15-18)19(26)14-25-20(27)22(23-21(25)28,16-8-4-2-5-9-16)17-10-6-3-7-11-17/h2-11,18H,12-15H2,1H3,(H,23,28). The molecule has 0 spiro atoms. The largest absolute Gasteiger partial charge is 0.340 e. The van der Waals surface area contributed by atoms with Crippen LogP contribution in [0, 0.1) is 0 Å². The minimum Gasteiger partial charge on any atom is -0.340 e. The van der Waals surface area contributed by atoms with Crippen LogP contribution in [-0.2, 0) is 25.0 Å². The van der Waals surface area contributed by atoms with Gasteiger partial charge in [0, 0.05) is 13.1 Å². The van der Waals surface area contributed by atoms with E-state index in [9.17, 15) is 22.8 Å². The number of carbonyl (C=O) groups excluding carboxylic acids is 3. The van der Waals surface area contributed by atoms with Crippen LogP contribution in [0.1, 0.15) is 17.5 Å². The van der Waals surface area contributed by atoms with Crippen molar-refractivity contribution in [2.24, 2.45) is 0 Å². The van der Waals surface area contributed by atoms with Gasteiger partial charge >= 0.3 is 6.03 Å².